The van der Waals surface area contributed by atoms with Crippen LogP contribution >= 0.6 is 11.6 Å². The average molecular weight is 602 g/mol. The summed E-state index contributed by atoms with van der Waals surface area (Å²) in [5.41, 5.74) is 4.45. The van der Waals surface area contributed by atoms with Crippen LogP contribution in [-0.4, -0.2) is 77.4 Å². The number of benzene rings is 2. The van der Waals surface area contributed by atoms with Crippen LogP contribution in [-0.2, 0) is 32.1 Å². The van der Waals surface area contributed by atoms with Gasteiger partial charge < -0.3 is 35.3 Å². The lowest BCUT2D eigenvalue weighted by Crippen LogP contribution is -2.52. The highest BCUT2D eigenvalue weighted by molar-refractivity contribution is 6.28. The molecule has 0 spiro atoms. The van der Waals surface area contributed by atoms with E-state index in [0.717, 1.165) is 10.1 Å². The Morgan fingerprint density at radius 2 is 1.76 bits per heavy atom. The van der Waals surface area contributed by atoms with Crippen LogP contribution in [0.15, 0.2) is 60.9 Å². The Morgan fingerprint density at radius 3 is 2.43 bits per heavy atom. The van der Waals surface area contributed by atoms with E-state index in [-0.39, 0.29) is 22.3 Å². The third kappa shape index (κ3) is 5.69. The van der Waals surface area contributed by atoms with E-state index in [4.69, 9.17) is 31.5 Å². The van der Waals surface area contributed by atoms with Gasteiger partial charge in [-0.05, 0) is 34.9 Å². The molecule has 0 aliphatic carbocycles. The van der Waals surface area contributed by atoms with E-state index >= 15 is 4.39 Å². The predicted molar refractivity (Wildman–Crippen MR) is 144 cm³/mol. The first kappa shape index (κ1) is 29.1. The number of nitrogens with zero attached hydrogens (tertiary/aromatic N) is 4. The zero-order valence-corrected chi connectivity index (χ0v) is 22.5. The molecule has 0 amide bonds. The Bertz CT molecular complexity index is 1570. The van der Waals surface area contributed by atoms with E-state index in [9.17, 15) is 24.9 Å². The summed E-state index contributed by atoms with van der Waals surface area (Å²) >= 11 is 5.86. The van der Waals surface area contributed by atoms with Crippen LogP contribution in [0.4, 0.5) is 10.2 Å². The van der Waals surface area contributed by atoms with Crippen LogP contribution in [0.2, 0.25) is 5.28 Å². The van der Waals surface area contributed by atoms with Crippen LogP contribution in [0.3, 0.4) is 0 Å². The minimum Gasteiger partial charge on any atom is -0.489 e. The minimum atomic E-state index is -2.77. The van der Waals surface area contributed by atoms with Gasteiger partial charge >= 0.3 is 11.9 Å². The number of hydrogen-bond donors (Lipinski definition) is 4. The number of rotatable bonds is 11. The number of aliphatic hydroxyl groups is 1. The highest BCUT2D eigenvalue weighted by Crippen LogP contribution is 2.35. The lowest BCUT2D eigenvalue weighted by Gasteiger charge is -2.27. The first-order valence-electron chi connectivity index (χ1n) is 12.6. The van der Waals surface area contributed by atoms with Gasteiger partial charge in [0, 0.05) is 6.42 Å². The van der Waals surface area contributed by atoms with Gasteiger partial charge in [-0.1, -0.05) is 42.5 Å². The van der Waals surface area contributed by atoms with Gasteiger partial charge in [0.2, 0.25) is 5.28 Å². The number of ether oxygens (including phenoxy) is 3. The van der Waals surface area contributed by atoms with Gasteiger partial charge in [0.15, 0.2) is 23.9 Å². The molecule has 1 saturated heterocycles. The molecular weight excluding hydrogens is 577 g/mol. The van der Waals surface area contributed by atoms with Crippen molar-refractivity contribution in [3.8, 4) is 5.75 Å². The summed E-state index contributed by atoms with van der Waals surface area (Å²) in [6.07, 6.45) is -6.17. The molecule has 0 bridgehead atoms. The van der Waals surface area contributed by atoms with E-state index in [0.29, 0.717) is 17.9 Å². The van der Waals surface area contributed by atoms with Crippen molar-refractivity contribution in [2.24, 2.45) is 0 Å². The molecular formula is C27H25ClFN5O8. The summed E-state index contributed by atoms with van der Waals surface area (Å²) in [6, 6.07) is 15.6. The summed E-state index contributed by atoms with van der Waals surface area (Å²) < 4.78 is 33.1. The number of aliphatic hydroxyl groups excluding tert-OH is 1. The Balaban J connectivity index is 1.29. The lowest BCUT2D eigenvalue weighted by atomic mass is 9.94. The standard InChI is InChI=1S/C27H25ClFN5O8/c28-26-32-21(30)19-22(33-26)34(13-31-19)23-18(29)20(35)17(42-23)12-41-27(24(36)37,25(38)39)10-14-6-8-16(9-7-14)40-11-15-4-2-1-3-5-15/h1-9,13,17-18,20,23,35H,10-12H2,(H,36,37)(H,38,39)(H2,30,32,33)/t17-,18+,20-,23-/m1/s1. The molecule has 1 aliphatic heterocycles. The molecule has 4 aromatic rings. The largest absolute Gasteiger partial charge is 0.489 e. The van der Waals surface area contributed by atoms with Crippen molar-refractivity contribution in [2.45, 2.75) is 43.2 Å². The first-order valence-corrected chi connectivity index (χ1v) is 13.0. The molecule has 1 fully saturated rings. The van der Waals surface area contributed by atoms with Crippen molar-refractivity contribution >= 4 is 40.5 Å². The molecule has 4 atom stereocenters. The molecule has 2 aromatic carbocycles. The van der Waals surface area contributed by atoms with E-state index in [1.807, 2.05) is 30.3 Å². The highest BCUT2D eigenvalue weighted by atomic mass is 35.5. The van der Waals surface area contributed by atoms with Gasteiger partial charge in [-0.15, -0.1) is 0 Å². The predicted octanol–water partition coefficient (Wildman–Crippen LogP) is 2.40. The highest BCUT2D eigenvalue weighted by Gasteiger charge is 2.52. The third-order valence-electron chi connectivity index (χ3n) is 6.80. The number of carboxylic acids is 2. The van der Waals surface area contributed by atoms with Gasteiger partial charge in [0.1, 0.15) is 30.1 Å². The number of imidazole rings is 1. The molecule has 15 heteroatoms. The second-order valence-electron chi connectivity index (χ2n) is 9.55. The Labute approximate surface area is 242 Å². The van der Waals surface area contributed by atoms with Crippen molar-refractivity contribution in [3.63, 3.8) is 0 Å². The number of nitrogens with two attached hydrogens (primary N) is 1. The van der Waals surface area contributed by atoms with Crippen LogP contribution in [0.5, 0.6) is 5.75 Å². The Hall–Kier alpha value is -4.37. The van der Waals surface area contributed by atoms with Crippen LogP contribution in [0, 0.1) is 0 Å². The topological polar surface area (TPSA) is 192 Å². The maximum Gasteiger partial charge on any atom is 0.348 e. The molecule has 42 heavy (non-hydrogen) atoms. The normalized spacial score (nSPS) is 20.5. The fourth-order valence-corrected chi connectivity index (χ4v) is 4.71. The maximum absolute atomic E-state index is 15.2. The van der Waals surface area contributed by atoms with Gasteiger partial charge in [0.25, 0.3) is 5.60 Å². The summed E-state index contributed by atoms with van der Waals surface area (Å²) in [7, 11) is 0. The second-order valence-corrected chi connectivity index (χ2v) is 9.88. The number of carbonyl (C=O) groups is 2. The van der Waals surface area contributed by atoms with E-state index < -0.39 is 55.2 Å². The number of fused-ring (bicyclic) bond motifs is 1. The molecule has 220 valence electrons. The molecule has 1 aliphatic rings. The van der Waals surface area contributed by atoms with Gasteiger partial charge in [0.05, 0.1) is 12.9 Å². The van der Waals surface area contributed by atoms with Crippen LogP contribution in [0.25, 0.3) is 11.2 Å². The summed E-state index contributed by atoms with van der Waals surface area (Å²) in [5, 5.41) is 30.2. The molecule has 0 saturated carbocycles. The summed E-state index contributed by atoms with van der Waals surface area (Å²) in [4.78, 5) is 36.3. The number of aliphatic carboxylic acids is 2. The van der Waals surface area contributed by atoms with Gasteiger partial charge in [-0.2, -0.15) is 9.97 Å². The lowest BCUT2D eigenvalue weighted by molar-refractivity contribution is -0.190. The number of anilines is 1. The van der Waals surface area contributed by atoms with Crippen molar-refractivity contribution in [1.82, 2.24) is 19.5 Å². The van der Waals surface area contributed by atoms with Gasteiger partial charge in [-0.25, -0.2) is 19.0 Å². The number of carboxylic acid groups (broad SMARTS) is 2. The molecule has 13 nitrogen and oxygen atoms in total. The first-order chi connectivity index (χ1) is 20.1. The zero-order chi connectivity index (χ0) is 30.0. The SMILES string of the molecule is Nc1nc(Cl)nc2c1ncn2[C@@H]1O[C@H](COC(Cc2ccc(OCc3ccccc3)cc2)(C(=O)O)C(=O)O)[C@@H](O)[C@@H]1F. The maximum atomic E-state index is 15.2. The smallest absolute Gasteiger partial charge is 0.348 e. The molecule has 2 aromatic heterocycles. The number of alkyl halides is 1. The van der Waals surface area contributed by atoms with Crippen molar-refractivity contribution in [1.29, 1.82) is 0 Å². The Kier molecular flexibility index (Phi) is 8.22. The monoisotopic (exact) mass is 601 g/mol. The molecule has 0 radical (unpaired) electrons. The van der Waals surface area contributed by atoms with Crippen molar-refractivity contribution in [2.75, 3.05) is 12.3 Å². The molecule has 3 heterocycles. The second kappa shape index (κ2) is 11.9. The fraction of sp³-hybridized carbons (Fsp3) is 0.296. The minimum absolute atomic E-state index is 0.0375. The van der Waals surface area contributed by atoms with Crippen LogP contribution in [0.1, 0.15) is 17.4 Å². The number of aromatic nitrogens is 4. The Morgan fingerprint density at radius 1 is 1.07 bits per heavy atom. The number of hydrogen-bond acceptors (Lipinski definition) is 10. The van der Waals surface area contributed by atoms with E-state index in [1.165, 1.54) is 18.5 Å². The quantitative estimate of drug-likeness (QED) is 0.145. The fourth-order valence-electron chi connectivity index (χ4n) is 4.54. The number of halogens is 2. The van der Waals surface area contributed by atoms with E-state index in [2.05, 4.69) is 15.0 Å². The molecule has 5 N–H and O–H groups in total. The van der Waals surface area contributed by atoms with E-state index in [1.54, 1.807) is 12.1 Å². The third-order valence-corrected chi connectivity index (χ3v) is 6.97. The average Bonchev–Trinajstić information content (AvgIpc) is 3.51. The van der Waals surface area contributed by atoms with Gasteiger partial charge in [-0.3, -0.25) is 4.57 Å². The summed E-state index contributed by atoms with van der Waals surface area (Å²) in [6.45, 7) is -0.459. The van der Waals surface area contributed by atoms with Crippen molar-refractivity contribution in [3.05, 3.63) is 77.3 Å². The summed E-state index contributed by atoms with van der Waals surface area (Å²) in [5.74, 6) is -3.14. The molecule has 5 rings (SSSR count). The zero-order valence-electron chi connectivity index (χ0n) is 21.7. The van der Waals surface area contributed by atoms with Crippen molar-refractivity contribution < 1.29 is 43.5 Å². The van der Waals surface area contributed by atoms with Crippen LogP contribution < -0.4 is 10.5 Å². The molecule has 0 unspecified atom stereocenters. The number of nitrogen functional groups attached to an aromatic ring is 1.